The average molecular weight is 260 g/mol. The van der Waals surface area contributed by atoms with Crippen LogP contribution in [0.5, 0.6) is 0 Å². The number of allylic oxidation sites excluding steroid dienone is 4. The largest absolute Gasteiger partial charge is 0.512 e. The second-order valence-electron chi connectivity index (χ2n) is 6.20. The molecule has 0 heterocycles. The molecule has 1 nitrogen and oxygen atoms in total. The molecule has 0 saturated carbocycles. The highest BCUT2D eigenvalue weighted by atomic mass is 19.3. The molecule has 0 atom stereocenters. The van der Waals surface area contributed by atoms with Gasteiger partial charge in [-0.05, 0) is 37.7 Å². The van der Waals surface area contributed by atoms with E-state index in [1.54, 1.807) is 6.92 Å². The van der Waals surface area contributed by atoms with Crippen molar-refractivity contribution in [2.45, 2.75) is 67.2 Å². The molecule has 0 aliphatic carbocycles. The van der Waals surface area contributed by atoms with Crippen molar-refractivity contribution >= 4 is 0 Å². The molecule has 0 saturated heterocycles. The van der Waals surface area contributed by atoms with Crippen molar-refractivity contribution in [3.8, 4) is 0 Å². The molecule has 0 aromatic carbocycles. The number of hydrogen-bond acceptors (Lipinski definition) is 1. The van der Waals surface area contributed by atoms with Crippen molar-refractivity contribution in [1.82, 2.24) is 0 Å². The predicted octanol–water partition coefficient (Wildman–Crippen LogP) is 5.64. The molecule has 0 aliphatic heterocycles. The summed E-state index contributed by atoms with van der Waals surface area (Å²) in [7, 11) is 0. The van der Waals surface area contributed by atoms with Gasteiger partial charge in [0.25, 0.3) is 5.92 Å². The van der Waals surface area contributed by atoms with Crippen LogP contribution in [0, 0.1) is 5.41 Å². The van der Waals surface area contributed by atoms with Crippen molar-refractivity contribution in [1.29, 1.82) is 0 Å². The Morgan fingerprint density at radius 1 is 1.06 bits per heavy atom. The van der Waals surface area contributed by atoms with E-state index in [0.717, 1.165) is 6.92 Å². The summed E-state index contributed by atoms with van der Waals surface area (Å²) in [5, 5.41) is 9.77. The van der Waals surface area contributed by atoms with Gasteiger partial charge in [-0.3, -0.25) is 0 Å². The Kier molecular flexibility index (Phi) is 5.57. The van der Waals surface area contributed by atoms with E-state index in [1.807, 2.05) is 27.7 Å². The number of aliphatic hydroxyl groups is 1. The summed E-state index contributed by atoms with van der Waals surface area (Å²) < 4.78 is 27.6. The van der Waals surface area contributed by atoms with Crippen LogP contribution in [0.15, 0.2) is 22.5 Å². The lowest BCUT2D eigenvalue weighted by atomic mass is 9.81. The van der Waals surface area contributed by atoms with Gasteiger partial charge in [-0.25, -0.2) is 8.78 Å². The summed E-state index contributed by atoms with van der Waals surface area (Å²) in [5.41, 5.74) is 0.869. The molecule has 0 amide bonds. The zero-order chi connectivity index (χ0) is 14.7. The van der Waals surface area contributed by atoms with Crippen LogP contribution in [0.3, 0.4) is 0 Å². The summed E-state index contributed by atoms with van der Waals surface area (Å²) in [6, 6.07) is 0. The van der Waals surface area contributed by atoms with Crippen LogP contribution in [0.1, 0.15) is 61.3 Å². The van der Waals surface area contributed by atoms with E-state index in [0.29, 0.717) is 24.0 Å². The Morgan fingerprint density at radius 3 is 1.72 bits per heavy atom. The zero-order valence-corrected chi connectivity index (χ0v) is 12.6. The van der Waals surface area contributed by atoms with Crippen molar-refractivity contribution in [3.63, 3.8) is 0 Å². The average Bonchev–Trinajstić information content (AvgIpc) is 2.11. The van der Waals surface area contributed by atoms with Gasteiger partial charge in [-0.2, -0.15) is 0 Å². The van der Waals surface area contributed by atoms with Crippen molar-refractivity contribution in [2.75, 3.05) is 0 Å². The van der Waals surface area contributed by atoms with Gasteiger partial charge < -0.3 is 5.11 Å². The van der Waals surface area contributed by atoms with Crippen molar-refractivity contribution in [3.05, 3.63) is 22.5 Å². The van der Waals surface area contributed by atoms with Gasteiger partial charge in [-0.15, -0.1) is 0 Å². The molecular weight excluding hydrogens is 234 g/mol. The summed E-state index contributed by atoms with van der Waals surface area (Å²) in [5.74, 6) is -2.93. The van der Waals surface area contributed by atoms with E-state index in [1.165, 1.54) is 6.92 Å². The van der Waals surface area contributed by atoms with E-state index >= 15 is 0 Å². The van der Waals surface area contributed by atoms with Gasteiger partial charge in [0.05, 0.1) is 5.76 Å². The minimum absolute atomic E-state index is 0.0000694. The number of halogens is 2. The van der Waals surface area contributed by atoms with E-state index in [2.05, 4.69) is 0 Å². The van der Waals surface area contributed by atoms with Crippen LogP contribution in [0.25, 0.3) is 0 Å². The first-order chi connectivity index (χ1) is 7.90. The van der Waals surface area contributed by atoms with Crippen LogP contribution in [0.4, 0.5) is 8.78 Å². The molecule has 3 heteroatoms. The van der Waals surface area contributed by atoms with Crippen molar-refractivity contribution < 1.29 is 13.9 Å². The molecule has 0 radical (unpaired) electrons. The number of alkyl halides is 2. The fourth-order valence-corrected chi connectivity index (χ4v) is 2.00. The van der Waals surface area contributed by atoms with Gasteiger partial charge in [0.15, 0.2) is 0 Å². The number of aliphatic hydroxyl groups excluding tert-OH is 1. The highest BCUT2D eigenvalue weighted by Crippen LogP contribution is 2.39. The standard InChI is InChI=1S/C15H26F2O/c1-8-10(2)13(15(7,16)17)12(11(3)18)9-14(4,5)6/h18H,8-9H2,1-7H3/b12-11+,13-10?. The maximum atomic E-state index is 13.8. The Hall–Kier alpha value is -0.860. The molecule has 0 rings (SSSR count). The van der Waals surface area contributed by atoms with Crippen molar-refractivity contribution in [2.24, 2.45) is 5.41 Å². The molecule has 1 N–H and O–H groups in total. The predicted molar refractivity (Wildman–Crippen MR) is 73.0 cm³/mol. The van der Waals surface area contributed by atoms with Gasteiger partial charge in [0, 0.05) is 12.5 Å². The Labute approximate surface area is 110 Å². The summed E-state index contributed by atoms with van der Waals surface area (Å²) in [4.78, 5) is 0. The van der Waals surface area contributed by atoms with Crippen LogP contribution in [0.2, 0.25) is 0 Å². The molecule has 18 heavy (non-hydrogen) atoms. The smallest absolute Gasteiger partial charge is 0.270 e. The molecule has 106 valence electrons. The second-order valence-corrected chi connectivity index (χ2v) is 6.20. The van der Waals surface area contributed by atoms with Gasteiger partial charge in [-0.1, -0.05) is 33.3 Å². The van der Waals surface area contributed by atoms with Crippen LogP contribution >= 0.6 is 0 Å². The molecule has 0 bridgehead atoms. The molecular formula is C15H26F2O. The van der Waals surface area contributed by atoms with Gasteiger partial charge in [0.2, 0.25) is 0 Å². The summed E-state index contributed by atoms with van der Waals surface area (Å²) >= 11 is 0. The van der Waals surface area contributed by atoms with Crippen LogP contribution < -0.4 is 0 Å². The highest BCUT2D eigenvalue weighted by molar-refractivity contribution is 5.41. The minimum atomic E-state index is -2.93. The monoisotopic (exact) mass is 260 g/mol. The fourth-order valence-electron chi connectivity index (χ4n) is 2.00. The third kappa shape index (κ3) is 5.19. The van der Waals surface area contributed by atoms with Crippen LogP contribution in [-0.2, 0) is 0 Å². The lowest BCUT2D eigenvalue weighted by molar-refractivity contribution is 0.0627. The first kappa shape index (κ1) is 17.1. The Bertz CT molecular complexity index is 348. The number of hydrogen-bond donors (Lipinski definition) is 1. The van der Waals surface area contributed by atoms with Crippen LogP contribution in [-0.4, -0.2) is 11.0 Å². The maximum Gasteiger partial charge on any atom is 0.270 e. The Balaban J connectivity index is 5.81. The molecule has 0 aromatic rings. The third-order valence-corrected chi connectivity index (χ3v) is 2.84. The molecule has 0 aliphatic rings. The molecule has 0 aromatic heterocycles. The fraction of sp³-hybridized carbons (Fsp3) is 0.733. The molecule has 0 spiro atoms. The summed E-state index contributed by atoms with van der Waals surface area (Å²) in [6.07, 6.45) is 0.991. The van der Waals surface area contributed by atoms with E-state index in [9.17, 15) is 13.9 Å². The molecule has 0 unspecified atom stereocenters. The van der Waals surface area contributed by atoms with E-state index < -0.39 is 5.92 Å². The topological polar surface area (TPSA) is 20.2 Å². The first-order valence-electron chi connectivity index (χ1n) is 6.37. The Morgan fingerprint density at radius 2 is 1.50 bits per heavy atom. The molecule has 0 fully saturated rings. The normalized spacial score (nSPS) is 16.3. The lowest BCUT2D eigenvalue weighted by Crippen LogP contribution is -2.21. The minimum Gasteiger partial charge on any atom is -0.512 e. The summed E-state index contributed by atoms with van der Waals surface area (Å²) in [6.45, 7) is 11.9. The third-order valence-electron chi connectivity index (χ3n) is 2.84. The second kappa shape index (κ2) is 5.85. The number of rotatable bonds is 4. The lowest BCUT2D eigenvalue weighted by Gasteiger charge is -2.27. The quantitative estimate of drug-likeness (QED) is 0.512. The SMILES string of the molecule is CCC(C)=C(/C(CC(C)(C)C)=C(\C)O)C(C)(F)F. The van der Waals surface area contributed by atoms with Gasteiger partial charge in [0.1, 0.15) is 0 Å². The zero-order valence-electron chi connectivity index (χ0n) is 12.6. The van der Waals surface area contributed by atoms with E-state index in [-0.39, 0.29) is 16.7 Å². The first-order valence-corrected chi connectivity index (χ1v) is 6.37. The van der Waals surface area contributed by atoms with Gasteiger partial charge >= 0.3 is 0 Å². The van der Waals surface area contributed by atoms with E-state index in [4.69, 9.17) is 0 Å². The highest BCUT2D eigenvalue weighted by Gasteiger charge is 2.34. The maximum absolute atomic E-state index is 13.8.